The number of Topliss-reactive ketones (excluding diaryl/α,β-unsaturated/α-hetero) is 1. The van der Waals surface area contributed by atoms with E-state index >= 15 is 0 Å². The molecule has 1 aromatic rings. The Morgan fingerprint density at radius 2 is 2.46 bits per heavy atom. The van der Waals surface area contributed by atoms with E-state index in [0.29, 0.717) is 6.54 Å². The zero-order valence-electron chi connectivity index (χ0n) is 6.92. The van der Waals surface area contributed by atoms with Gasteiger partial charge in [0.25, 0.3) is 0 Å². The molecule has 0 saturated carbocycles. The number of hydrogen-bond acceptors (Lipinski definition) is 4. The maximum Gasteiger partial charge on any atom is 0.186 e. The van der Waals surface area contributed by atoms with Gasteiger partial charge in [-0.1, -0.05) is 0 Å². The molecule has 1 rings (SSSR count). The Bertz CT molecular complexity index is 287. The van der Waals surface area contributed by atoms with Crippen molar-refractivity contribution in [3.05, 3.63) is 20.8 Å². The fraction of sp³-hybridized carbons (Fsp3) is 0.375. The molecular formula is C8H10BrNO2S. The molecule has 0 spiro atoms. The first-order chi connectivity index (χ1) is 6.24. The van der Waals surface area contributed by atoms with Gasteiger partial charge in [0.15, 0.2) is 5.78 Å². The number of carbonyl (C=O) groups is 1. The molecule has 0 radical (unpaired) electrons. The highest BCUT2D eigenvalue weighted by atomic mass is 79.9. The predicted molar refractivity (Wildman–Crippen MR) is 56.3 cm³/mol. The van der Waals surface area contributed by atoms with Gasteiger partial charge in [0.2, 0.25) is 0 Å². The van der Waals surface area contributed by atoms with Gasteiger partial charge in [0, 0.05) is 16.4 Å². The summed E-state index contributed by atoms with van der Waals surface area (Å²) in [6, 6.07) is 1.80. The smallest absolute Gasteiger partial charge is 0.186 e. The van der Waals surface area contributed by atoms with Crippen molar-refractivity contribution < 1.29 is 9.90 Å². The monoisotopic (exact) mass is 263 g/mol. The van der Waals surface area contributed by atoms with Crippen LogP contribution >= 0.6 is 27.3 Å². The van der Waals surface area contributed by atoms with E-state index in [-0.39, 0.29) is 18.9 Å². The minimum atomic E-state index is 0.0570. The Morgan fingerprint density at radius 3 is 3.00 bits per heavy atom. The average Bonchev–Trinajstić information content (AvgIpc) is 2.52. The van der Waals surface area contributed by atoms with Crippen LogP contribution < -0.4 is 5.32 Å². The lowest BCUT2D eigenvalue weighted by atomic mass is 10.3. The number of aliphatic hydroxyl groups excluding tert-OH is 1. The molecule has 0 bridgehead atoms. The van der Waals surface area contributed by atoms with Crippen molar-refractivity contribution in [2.24, 2.45) is 0 Å². The lowest BCUT2D eigenvalue weighted by molar-refractivity contribution is 0.0993. The maximum absolute atomic E-state index is 11.4. The highest BCUT2D eigenvalue weighted by Gasteiger charge is 2.07. The second kappa shape index (κ2) is 5.49. The maximum atomic E-state index is 11.4. The topological polar surface area (TPSA) is 49.3 Å². The molecule has 72 valence electrons. The van der Waals surface area contributed by atoms with Gasteiger partial charge < -0.3 is 10.4 Å². The molecule has 0 saturated heterocycles. The summed E-state index contributed by atoms with van der Waals surface area (Å²) in [6.45, 7) is 0.799. The highest BCUT2D eigenvalue weighted by Crippen LogP contribution is 2.19. The Hall–Kier alpha value is -0.230. The van der Waals surface area contributed by atoms with E-state index in [9.17, 15) is 4.79 Å². The average molecular weight is 264 g/mol. The summed E-state index contributed by atoms with van der Waals surface area (Å²) < 4.78 is 0.933. The molecule has 1 heterocycles. The van der Waals surface area contributed by atoms with E-state index in [2.05, 4.69) is 21.2 Å². The molecule has 5 heteroatoms. The van der Waals surface area contributed by atoms with Crippen LogP contribution in [0.5, 0.6) is 0 Å². The van der Waals surface area contributed by atoms with Crippen molar-refractivity contribution >= 4 is 33.0 Å². The number of aliphatic hydroxyl groups is 1. The van der Waals surface area contributed by atoms with Gasteiger partial charge in [-0.05, 0) is 22.0 Å². The molecule has 1 aromatic heterocycles. The number of thiophene rings is 1. The lowest BCUT2D eigenvalue weighted by Crippen LogP contribution is -2.25. The minimum absolute atomic E-state index is 0.0570. The van der Waals surface area contributed by atoms with Crippen molar-refractivity contribution in [3.63, 3.8) is 0 Å². The first-order valence-corrected chi connectivity index (χ1v) is 5.50. The molecule has 0 fully saturated rings. The van der Waals surface area contributed by atoms with E-state index in [4.69, 9.17) is 5.11 Å². The zero-order chi connectivity index (χ0) is 9.68. The molecular weight excluding hydrogens is 254 g/mol. The van der Waals surface area contributed by atoms with Crippen molar-refractivity contribution in [1.29, 1.82) is 0 Å². The Labute approximate surface area is 88.9 Å². The molecule has 0 atom stereocenters. The van der Waals surface area contributed by atoms with Gasteiger partial charge in [0.1, 0.15) is 0 Å². The molecule has 0 aromatic carbocycles. The van der Waals surface area contributed by atoms with Crippen molar-refractivity contribution in [1.82, 2.24) is 5.32 Å². The molecule has 0 unspecified atom stereocenters. The third-order valence-electron chi connectivity index (χ3n) is 1.42. The number of rotatable bonds is 5. The van der Waals surface area contributed by atoms with Crippen LogP contribution in [0.3, 0.4) is 0 Å². The van der Waals surface area contributed by atoms with Crippen LogP contribution in [0.1, 0.15) is 9.67 Å². The van der Waals surface area contributed by atoms with Crippen LogP contribution in [0.4, 0.5) is 0 Å². The van der Waals surface area contributed by atoms with Crippen molar-refractivity contribution in [2.45, 2.75) is 0 Å². The summed E-state index contributed by atoms with van der Waals surface area (Å²) in [5, 5.41) is 13.2. The molecule has 3 nitrogen and oxygen atoms in total. The third kappa shape index (κ3) is 3.56. The Kier molecular flexibility index (Phi) is 4.58. The van der Waals surface area contributed by atoms with E-state index in [1.807, 2.05) is 5.38 Å². The van der Waals surface area contributed by atoms with Crippen LogP contribution in [-0.4, -0.2) is 30.6 Å². The molecule has 13 heavy (non-hydrogen) atoms. The van der Waals surface area contributed by atoms with E-state index < -0.39 is 0 Å². The number of halogens is 1. The molecule has 0 aliphatic heterocycles. The fourth-order valence-corrected chi connectivity index (χ4v) is 2.19. The second-order valence-electron chi connectivity index (χ2n) is 2.45. The number of ketones is 1. The first-order valence-electron chi connectivity index (χ1n) is 3.83. The van der Waals surface area contributed by atoms with E-state index in [0.717, 1.165) is 9.35 Å². The minimum Gasteiger partial charge on any atom is -0.395 e. The molecule has 2 N–H and O–H groups in total. The summed E-state index contributed by atoms with van der Waals surface area (Å²) in [6.07, 6.45) is 0. The molecule has 0 amide bonds. The standard InChI is InChI=1S/C8H10BrNO2S/c9-6-3-8(13-5-6)7(12)4-10-1-2-11/h3,5,10-11H,1-2,4H2. The summed E-state index contributed by atoms with van der Waals surface area (Å²) in [5.74, 6) is 0.0594. The summed E-state index contributed by atoms with van der Waals surface area (Å²) in [5.41, 5.74) is 0. The van der Waals surface area contributed by atoms with Crippen LogP contribution in [0.15, 0.2) is 15.9 Å². The van der Waals surface area contributed by atoms with Gasteiger partial charge in [0.05, 0.1) is 18.0 Å². The van der Waals surface area contributed by atoms with Gasteiger partial charge in [-0.2, -0.15) is 0 Å². The summed E-state index contributed by atoms with van der Waals surface area (Å²) in [4.78, 5) is 12.1. The zero-order valence-corrected chi connectivity index (χ0v) is 9.32. The Morgan fingerprint density at radius 1 is 1.69 bits per heavy atom. The molecule has 0 aliphatic rings. The third-order valence-corrected chi connectivity index (χ3v) is 3.15. The van der Waals surface area contributed by atoms with Crippen LogP contribution in [0.2, 0.25) is 0 Å². The van der Waals surface area contributed by atoms with Crippen LogP contribution in [0.25, 0.3) is 0 Å². The quantitative estimate of drug-likeness (QED) is 0.622. The van der Waals surface area contributed by atoms with E-state index in [1.54, 1.807) is 6.07 Å². The largest absolute Gasteiger partial charge is 0.395 e. The van der Waals surface area contributed by atoms with Gasteiger partial charge in [-0.3, -0.25) is 4.79 Å². The number of nitrogens with one attached hydrogen (secondary N) is 1. The van der Waals surface area contributed by atoms with Gasteiger partial charge in [-0.15, -0.1) is 11.3 Å². The summed E-state index contributed by atoms with van der Waals surface area (Å²) >= 11 is 4.70. The van der Waals surface area contributed by atoms with Gasteiger partial charge in [-0.25, -0.2) is 0 Å². The fourth-order valence-electron chi connectivity index (χ4n) is 0.827. The first kappa shape index (κ1) is 10.8. The van der Waals surface area contributed by atoms with Gasteiger partial charge >= 0.3 is 0 Å². The predicted octanol–water partition coefficient (Wildman–Crippen LogP) is 1.28. The van der Waals surface area contributed by atoms with Crippen LogP contribution in [0, 0.1) is 0 Å². The number of carbonyl (C=O) groups excluding carboxylic acids is 1. The van der Waals surface area contributed by atoms with Crippen molar-refractivity contribution in [3.8, 4) is 0 Å². The molecule has 0 aliphatic carbocycles. The normalized spacial score (nSPS) is 10.3. The summed E-state index contributed by atoms with van der Waals surface area (Å²) in [7, 11) is 0. The van der Waals surface area contributed by atoms with Crippen LogP contribution in [-0.2, 0) is 0 Å². The highest BCUT2D eigenvalue weighted by molar-refractivity contribution is 9.10. The lowest BCUT2D eigenvalue weighted by Gasteiger charge is -1.98. The second-order valence-corrected chi connectivity index (χ2v) is 4.28. The van der Waals surface area contributed by atoms with E-state index in [1.165, 1.54) is 11.3 Å². The Balaban J connectivity index is 2.40. The SMILES string of the molecule is O=C(CNCCO)c1cc(Br)cs1. The van der Waals surface area contributed by atoms with Crippen molar-refractivity contribution in [2.75, 3.05) is 19.7 Å². The number of hydrogen-bond donors (Lipinski definition) is 2.